The molecule has 2 N–H and O–H groups in total. The maximum absolute atomic E-state index is 4.83. The minimum atomic E-state index is 0.324. The second kappa shape index (κ2) is 7.95. The summed E-state index contributed by atoms with van der Waals surface area (Å²) in [6, 6.07) is 2.30. The third-order valence-corrected chi connectivity index (χ3v) is 4.32. The molecule has 0 amide bonds. The highest BCUT2D eigenvalue weighted by Gasteiger charge is 2.22. The first kappa shape index (κ1) is 17.9. The van der Waals surface area contributed by atoms with E-state index in [1.165, 1.54) is 0 Å². The molecular weight excluding hydrogens is 322 g/mol. The Bertz CT molecular complexity index is 866. The van der Waals surface area contributed by atoms with Crippen LogP contribution in [0, 0.1) is 0 Å². The molecule has 1 atom stereocenters. The number of anilines is 2. The maximum atomic E-state index is 4.83. The molecule has 0 aliphatic carbocycles. The average molecular weight is 347 g/mol. The second-order valence-electron chi connectivity index (χ2n) is 6.42. The molecule has 0 aromatic carbocycles. The Morgan fingerprint density at radius 1 is 1.31 bits per heavy atom. The van der Waals surface area contributed by atoms with Gasteiger partial charge in [-0.1, -0.05) is 38.2 Å². The zero-order chi connectivity index (χ0) is 18.5. The van der Waals surface area contributed by atoms with Crippen molar-refractivity contribution in [1.82, 2.24) is 15.0 Å². The lowest BCUT2D eigenvalue weighted by Crippen LogP contribution is -2.17. The number of rotatable bonds is 5. The largest absolute Gasteiger partial charge is 0.354 e. The van der Waals surface area contributed by atoms with Crippen LogP contribution in [-0.4, -0.2) is 21.0 Å². The normalized spacial score (nSPS) is 16.0. The standard InChI is InChI=1S/C21H25N5/c1-5-7-9-16-15(4)25-19-13-22-11-10-17(19)18-12-23-21(26-20(16)18)24-14(3)8-6-2/h5,7,9-14,25H,4,6,8H2,1-3H3,(H,23,24,26)/b7-5-,16-9+. The monoisotopic (exact) mass is 347 g/mol. The van der Waals surface area contributed by atoms with Gasteiger partial charge in [-0.05, 0) is 26.3 Å². The highest BCUT2D eigenvalue weighted by Crippen LogP contribution is 2.39. The second-order valence-corrected chi connectivity index (χ2v) is 6.42. The zero-order valence-corrected chi connectivity index (χ0v) is 15.6. The van der Waals surface area contributed by atoms with Crippen molar-refractivity contribution in [3.63, 3.8) is 0 Å². The van der Waals surface area contributed by atoms with Gasteiger partial charge in [-0.3, -0.25) is 4.98 Å². The summed E-state index contributed by atoms with van der Waals surface area (Å²) in [5.41, 5.74) is 5.51. The van der Waals surface area contributed by atoms with Gasteiger partial charge in [0.15, 0.2) is 0 Å². The summed E-state index contributed by atoms with van der Waals surface area (Å²) >= 11 is 0. The number of nitrogens with one attached hydrogen (secondary N) is 2. The van der Waals surface area contributed by atoms with E-state index in [-0.39, 0.29) is 0 Å². The molecule has 1 aliphatic rings. The molecule has 0 spiro atoms. The Balaban J connectivity index is 2.13. The van der Waals surface area contributed by atoms with Crippen molar-refractivity contribution in [1.29, 1.82) is 0 Å². The first-order valence-corrected chi connectivity index (χ1v) is 9.01. The minimum absolute atomic E-state index is 0.324. The van der Waals surface area contributed by atoms with Gasteiger partial charge in [-0.25, -0.2) is 9.97 Å². The third kappa shape index (κ3) is 3.67. The molecular formula is C21H25N5. The molecule has 5 heteroatoms. The van der Waals surface area contributed by atoms with Gasteiger partial charge in [-0.2, -0.15) is 0 Å². The number of hydrogen-bond donors (Lipinski definition) is 2. The lowest BCUT2D eigenvalue weighted by atomic mass is 10.0. The Hall–Kier alpha value is -2.95. The van der Waals surface area contributed by atoms with Crippen LogP contribution in [0.1, 0.15) is 39.3 Å². The molecule has 2 aromatic rings. The summed E-state index contributed by atoms with van der Waals surface area (Å²) in [5.74, 6) is 0.640. The van der Waals surface area contributed by atoms with E-state index >= 15 is 0 Å². The van der Waals surface area contributed by atoms with Gasteiger partial charge in [0.05, 0.1) is 17.6 Å². The van der Waals surface area contributed by atoms with Gasteiger partial charge >= 0.3 is 0 Å². The molecule has 3 rings (SSSR count). The van der Waals surface area contributed by atoms with Crippen LogP contribution in [0.25, 0.3) is 16.7 Å². The molecule has 2 aromatic heterocycles. The third-order valence-electron chi connectivity index (χ3n) is 4.32. The van der Waals surface area contributed by atoms with Crippen LogP contribution in [0.5, 0.6) is 0 Å². The number of aromatic nitrogens is 3. The van der Waals surface area contributed by atoms with Gasteiger partial charge in [0, 0.05) is 40.8 Å². The molecule has 0 saturated carbocycles. The summed E-state index contributed by atoms with van der Waals surface area (Å²) < 4.78 is 0. The lowest BCUT2D eigenvalue weighted by Gasteiger charge is -2.15. The highest BCUT2D eigenvalue weighted by molar-refractivity contribution is 5.95. The van der Waals surface area contributed by atoms with Crippen LogP contribution in [0.4, 0.5) is 11.6 Å². The van der Waals surface area contributed by atoms with E-state index in [1.807, 2.05) is 37.4 Å². The van der Waals surface area contributed by atoms with E-state index in [0.717, 1.165) is 46.6 Å². The highest BCUT2D eigenvalue weighted by atomic mass is 15.1. The van der Waals surface area contributed by atoms with Crippen molar-refractivity contribution in [2.45, 2.75) is 39.7 Å². The first-order valence-electron chi connectivity index (χ1n) is 9.01. The summed E-state index contributed by atoms with van der Waals surface area (Å²) in [7, 11) is 0. The van der Waals surface area contributed by atoms with E-state index in [4.69, 9.17) is 4.98 Å². The topological polar surface area (TPSA) is 62.7 Å². The molecule has 1 unspecified atom stereocenters. The van der Waals surface area contributed by atoms with Crippen molar-refractivity contribution in [3.8, 4) is 11.1 Å². The van der Waals surface area contributed by atoms with Gasteiger partial charge in [0.25, 0.3) is 0 Å². The number of fused-ring (bicyclic) bond motifs is 3. The van der Waals surface area contributed by atoms with Gasteiger partial charge in [0.2, 0.25) is 5.95 Å². The summed E-state index contributed by atoms with van der Waals surface area (Å²) in [5, 5.41) is 6.76. The van der Waals surface area contributed by atoms with E-state index in [2.05, 4.69) is 41.0 Å². The van der Waals surface area contributed by atoms with Crippen LogP contribution >= 0.6 is 0 Å². The predicted molar refractivity (Wildman–Crippen MR) is 109 cm³/mol. The van der Waals surface area contributed by atoms with Crippen molar-refractivity contribution < 1.29 is 0 Å². The summed E-state index contributed by atoms with van der Waals surface area (Å²) in [4.78, 5) is 13.6. The minimum Gasteiger partial charge on any atom is -0.354 e. The fourth-order valence-electron chi connectivity index (χ4n) is 3.05. The molecule has 0 radical (unpaired) electrons. The van der Waals surface area contributed by atoms with Crippen LogP contribution in [0.2, 0.25) is 0 Å². The van der Waals surface area contributed by atoms with Crippen molar-refractivity contribution in [2.24, 2.45) is 0 Å². The number of hydrogen-bond acceptors (Lipinski definition) is 5. The molecule has 26 heavy (non-hydrogen) atoms. The molecule has 0 bridgehead atoms. The molecule has 3 heterocycles. The molecule has 0 fully saturated rings. The maximum Gasteiger partial charge on any atom is 0.223 e. The van der Waals surface area contributed by atoms with Crippen molar-refractivity contribution >= 4 is 17.2 Å². The predicted octanol–water partition coefficient (Wildman–Crippen LogP) is 5.04. The van der Waals surface area contributed by atoms with Gasteiger partial charge < -0.3 is 10.6 Å². The van der Waals surface area contributed by atoms with E-state index in [9.17, 15) is 0 Å². The number of allylic oxidation sites excluding steroid dienone is 4. The Labute approximate surface area is 155 Å². The first-order chi connectivity index (χ1) is 12.6. The van der Waals surface area contributed by atoms with Crippen LogP contribution < -0.4 is 10.6 Å². The number of pyridine rings is 1. The van der Waals surface area contributed by atoms with Crippen molar-refractivity contribution in [3.05, 3.63) is 60.9 Å². The van der Waals surface area contributed by atoms with Crippen LogP contribution in [-0.2, 0) is 0 Å². The van der Waals surface area contributed by atoms with Gasteiger partial charge in [-0.15, -0.1) is 0 Å². The molecule has 1 aliphatic heterocycles. The van der Waals surface area contributed by atoms with Crippen LogP contribution in [0.3, 0.4) is 0 Å². The van der Waals surface area contributed by atoms with E-state index < -0.39 is 0 Å². The van der Waals surface area contributed by atoms with Crippen molar-refractivity contribution in [2.75, 3.05) is 10.6 Å². The lowest BCUT2D eigenvalue weighted by molar-refractivity contribution is 0.683. The zero-order valence-electron chi connectivity index (χ0n) is 15.6. The summed E-state index contributed by atoms with van der Waals surface area (Å²) in [6.07, 6.45) is 13.7. The number of nitrogens with zero attached hydrogens (tertiary/aromatic N) is 3. The Morgan fingerprint density at radius 3 is 2.92 bits per heavy atom. The fraction of sp³-hybridized carbons (Fsp3) is 0.286. The van der Waals surface area contributed by atoms with E-state index in [0.29, 0.717) is 12.0 Å². The quantitative estimate of drug-likeness (QED) is 0.793. The molecule has 134 valence electrons. The average Bonchev–Trinajstić information content (AvgIpc) is 2.74. The SMILES string of the molecule is C=C1Nc2cnccc2-c2cnc(NC(C)CCC)nc2/C1=C/C=C\C. The Kier molecular flexibility index (Phi) is 5.46. The van der Waals surface area contributed by atoms with E-state index in [1.54, 1.807) is 12.4 Å². The smallest absolute Gasteiger partial charge is 0.223 e. The molecule has 0 saturated heterocycles. The summed E-state index contributed by atoms with van der Waals surface area (Å²) in [6.45, 7) is 10.5. The molecule has 5 nitrogen and oxygen atoms in total. The van der Waals surface area contributed by atoms with Gasteiger partial charge in [0.1, 0.15) is 0 Å². The van der Waals surface area contributed by atoms with Crippen LogP contribution in [0.15, 0.2) is 55.2 Å². The fourth-order valence-corrected chi connectivity index (χ4v) is 3.05. The Morgan fingerprint density at radius 2 is 2.15 bits per heavy atom.